The van der Waals surface area contributed by atoms with E-state index in [0.717, 1.165) is 6.07 Å². The Labute approximate surface area is 150 Å². The molecule has 0 unspecified atom stereocenters. The van der Waals surface area contributed by atoms with Gasteiger partial charge in [-0.3, -0.25) is 4.79 Å². The van der Waals surface area contributed by atoms with E-state index in [1.54, 1.807) is 0 Å². The highest BCUT2D eigenvalue weighted by atomic mass is 128. The molecular formula is C14H14I2O6. The van der Waals surface area contributed by atoms with E-state index in [1.807, 2.05) is 0 Å². The van der Waals surface area contributed by atoms with Crippen molar-refractivity contribution < 1.29 is 30.3 Å². The van der Waals surface area contributed by atoms with Crippen molar-refractivity contribution in [3.05, 3.63) is 47.5 Å². The van der Waals surface area contributed by atoms with Crippen LogP contribution in [-0.4, -0.2) is 31.8 Å². The Bertz CT molecular complexity index is 604. The maximum absolute atomic E-state index is 10.1. The average Bonchev–Trinajstić information content (AvgIpc) is 2.50. The molecule has 2 aromatic rings. The van der Waals surface area contributed by atoms with Gasteiger partial charge in [-0.2, -0.15) is 0 Å². The van der Waals surface area contributed by atoms with Gasteiger partial charge in [0.15, 0.2) is 6.29 Å². The Morgan fingerprint density at radius 2 is 1.36 bits per heavy atom. The third-order valence-corrected chi connectivity index (χ3v) is 2.38. The number of carbonyl (C=O) groups is 1. The highest BCUT2D eigenvalue weighted by molar-refractivity contribution is 15.0. The molecule has 5 N–H and O–H groups in total. The van der Waals surface area contributed by atoms with E-state index in [4.69, 9.17) is 25.5 Å². The lowest BCUT2D eigenvalue weighted by Gasteiger charge is -1.99. The number of aldehydes is 1. The molecule has 120 valence electrons. The van der Waals surface area contributed by atoms with Crippen LogP contribution >= 0.6 is 37.2 Å². The highest BCUT2D eigenvalue weighted by Crippen LogP contribution is 2.22. The summed E-state index contributed by atoms with van der Waals surface area (Å²) in [7, 11) is 0. The van der Waals surface area contributed by atoms with Crippen molar-refractivity contribution >= 4 is 43.5 Å². The Hall–Kier alpha value is -1.27. The van der Waals surface area contributed by atoms with E-state index < -0.39 is 0 Å². The van der Waals surface area contributed by atoms with E-state index in [0.29, 0.717) is 11.8 Å². The van der Waals surface area contributed by atoms with Gasteiger partial charge in [0, 0.05) is 54.9 Å². The van der Waals surface area contributed by atoms with Crippen molar-refractivity contribution in [2.45, 2.75) is 6.61 Å². The molecule has 0 aliphatic rings. The number of halogens is 2. The van der Waals surface area contributed by atoms with Crippen LogP contribution in [0.1, 0.15) is 15.9 Å². The second-order valence-electron chi connectivity index (χ2n) is 3.83. The first-order chi connectivity index (χ1) is 10.5. The van der Waals surface area contributed by atoms with Gasteiger partial charge in [-0.25, -0.2) is 0 Å². The van der Waals surface area contributed by atoms with Crippen LogP contribution < -0.4 is 0 Å². The molecule has 0 aliphatic carbocycles. The van der Waals surface area contributed by atoms with Gasteiger partial charge in [0.1, 0.15) is 23.0 Å². The number of phenolic OH excluding ortho intramolecular Hbond substituents is 3. The molecule has 0 amide bonds. The fourth-order valence-corrected chi connectivity index (χ4v) is 1.32. The summed E-state index contributed by atoms with van der Waals surface area (Å²) in [6.07, 6.45) is 0.523. The van der Waals surface area contributed by atoms with E-state index in [9.17, 15) is 4.79 Å². The normalized spacial score (nSPS) is 8.86. The van der Waals surface area contributed by atoms with Gasteiger partial charge in [0.05, 0.1) is 12.2 Å². The number of aromatic hydroxyl groups is 4. The molecule has 0 spiro atoms. The molecular weight excluding hydrogens is 518 g/mol. The maximum Gasteiger partial charge on any atom is 0.153 e. The SMILES string of the molecule is II.O=Cc1ccc(O)cc1O.OCc1ccc(O)cc1O. The van der Waals surface area contributed by atoms with Crippen LogP contribution in [0.4, 0.5) is 0 Å². The highest BCUT2D eigenvalue weighted by Gasteiger charge is 1.99. The van der Waals surface area contributed by atoms with E-state index in [2.05, 4.69) is 37.2 Å². The van der Waals surface area contributed by atoms with Gasteiger partial charge in [-0.1, -0.05) is 0 Å². The summed E-state index contributed by atoms with van der Waals surface area (Å²) in [6, 6.07) is 7.85. The minimum Gasteiger partial charge on any atom is -0.508 e. The average molecular weight is 532 g/mol. The van der Waals surface area contributed by atoms with Crippen molar-refractivity contribution in [2.24, 2.45) is 0 Å². The molecule has 22 heavy (non-hydrogen) atoms. The van der Waals surface area contributed by atoms with E-state index >= 15 is 0 Å². The summed E-state index contributed by atoms with van der Waals surface area (Å²) in [5.41, 5.74) is 0.593. The number of benzene rings is 2. The monoisotopic (exact) mass is 532 g/mol. The number of carbonyl (C=O) groups excluding carboxylic acids is 1. The molecule has 0 aliphatic heterocycles. The second-order valence-corrected chi connectivity index (χ2v) is 3.83. The second kappa shape index (κ2) is 11.3. The predicted octanol–water partition coefficient (Wildman–Crippen LogP) is 3.27. The van der Waals surface area contributed by atoms with Crippen molar-refractivity contribution in [3.8, 4) is 23.0 Å². The van der Waals surface area contributed by atoms with Crippen LogP contribution in [0, 0.1) is 0 Å². The third-order valence-electron chi connectivity index (χ3n) is 2.38. The molecule has 0 fully saturated rings. The van der Waals surface area contributed by atoms with Crippen LogP contribution in [-0.2, 0) is 6.61 Å². The van der Waals surface area contributed by atoms with Crippen molar-refractivity contribution in [1.82, 2.24) is 0 Å². The summed E-state index contributed by atoms with van der Waals surface area (Å²) < 4.78 is 0. The number of hydrogen-bond donors (Lipinski definition) is 5. The standard InChI is InChI=1S/C7H8O3.C7H6O3.I2/c2*8-4-5-1-2-6(9)3-7(5)10;1-2/h1-3,8-10H,4H2;1-4,9-10H;. The summed E-state index contributed by atoms with van der Waals surface area (Å²) in [5.74, 6) is -0.338. The molecule has 2 aromatic carbocycles. The van der Waals surface area contributed by atoms with E-state index in [-0.39, 0.29) is 35.2 Å². The minimum atomic E-state index is -0.216. The first-order valence-corrected chi connectivity index (χ1v) is 12.0. The largest absolute Gasteiger partial charge is 0.508 e. The number of aliphatic hydroxyl groups is 1. The number of aliphatic hydroxyl groups excluding tert-OH is 1. The van der Waals surface area contributed by atoms with Crippen LogP contribution in [0.2, 0.25) is 0 Å². The fourth-order valence-electron chi connectivity index (χ4n) is 1.32. The Morgan fingerprint density at radius 1 is 0.864 bits per heavy atom. The maximum atomic E-state index is 10.1. The van der Waals surface area contributed by atoms with Gasteiger partial charge in [0.2, 0.25) is 0 Å². The zero-order valence-corrected chi connectivity index (χ0v) is 15.5. The lowest BCUT2D eigenvalue weighted by atomic mass is 10.2. The Balaban J connectivity index is 0.000000360. The lowest BCUT2D eigenvalue weighted by molar-refractivity contribution is 0.112. The van der Waals surface area contributed by atoms with Crippen molar-refractivity contribution in [1.29, 1.82) is 0 Å². The van der Waals surface area contributed by atoms with Gasteiger partial charge in [0.25, 0.3) is 0 Å². The first-order valence-electron chi connectivity index (χ1n) is 5.71. The lowest BCUT2D eigenvalue weighted by Crippen LogP contribution is -1.82. The molecule has 0 atom stereocenters. The molecule has 0 heterocycles. The number of phenols is 4. The smallest absolute Gasteiger partial charge is 0.153 e. The molecule has 0 bridgehead atoms. The third kappa shape index (κ3) is 7.13. The fraction of sp³-hybridized carbons (Fsp3) is 0.0714. The van der Waals surface area contributed by atoms with Gasteiger partial charge >= 0.3 is 0 Å². The van der Waals surface area contributed by atoms with Gasteiger partial charge in [-0.15, -0.1) is 0 Å². The van der Waals surface area contributed by atoms with Crippen LogP contribution in [0.3, 0.4) is 0 Å². The zero-order valence-electron chi connectivity index (χ0n) is 11.1. The number of rotatable bonds is 2. The van der Waals surface area contributed by atoms with Crippen LogP contribution in [0.5, 0.6) is 23.0 Å². The topological polar surface area (TPSA) is 118 Å². The molecule has 2 rings (SSSR count). The molecule has 8 heteroatoms. The van der Waals surface area contributed by atoms with Gasteiger partial charge in [-0.05, 0) is 24.3 Å². The minimum absolute atomic E-state index is 0.00491. The molecule has 0 radical (unpaired) electrons. The summed E-state index contributed by atoms with van der Waals surface area (Å²) in [5, 5.41) is 44.0. The molecule has 0 saturated heterocycles. The Kier molecular flexibility index (Phi) is 10.7. The molecule has 6 nitrogen and oxygen atoms in total. The first kappa shape index (κ1) is 20.7. The summed E-state index contributed by atoms with van der Waals surface area (Å²) in [4.78, 5) is 10.1. The van der Waals surface area contributed by atoms with Crippen molar-refractivity contribution in [3.63, 3.8) is 0 Å². The quantitative estimate of drug-likeness (QED) is 0.300. The zero-order chi connectivity index (χ0) is 17.1. The summed E-state index contributed by atoms with van der Waals surface area (Å²) >= 11 is 4.24. The van der Waals surface area contributed by atoms with Crippen molar-refractivity contribution in [2.75, 3.05) is 0 Å². The van der Waals surface area contributed by atoms with E-state index in [1.165, 1.54) is 30.3 Å². The van der Waals surface area contributed by atoms with Gasteiger partial charge < -0.3 is 25.5 Å². The van der Waals surface area contributed by atoms with Crippen LogP contribution in [0.25, 0.3) is 0 Å². The molecule has 0 saturated carbocycles. The number of hydrogen-bond acceptors (Lipinski definition) is 6. The summed E-state index contributed by atoms with van der Waals surface area (Å²) in [6.45, 7) is -0.216. The van der Waals surface area contributed by atoms with Crippen LogP contribution in [0.15, 0.2) is 36.4 Å². The Morgan fingerprint density at radius 3 is 1.77 bits per heavy atom. The molecule has 0 aromatic heterocycles. The predicted molar refractivity (Wildman–Crippen MR) is 98.9 cm³/mol.